The number of anilines is 1. The number of hydrogen-bond donors (Lipinski definition) is 2. The first kappa shape index (κ1) is 16.9. The summed E-state index contributed by atoms with van der Waals surface area (Å²) < 4.78 is 13.2. The molecule has 0 spiro atoms. The van der Waals surface area contributed by atoms with E-state index < -0.39 is 17.3 Å². The lowest BCUT2D eigenvalue weighted by Gasteiger charge is -2.09. The molecule has 0 saturated heterocycles. The number of aromatic amines is 1. The van der Waals surface area contributed by atoms with Crippen molar-refractivity contribution in [2.75, 3.05) is 5.32 Å². The van der Waals surface area contributed by atoms with Gasteiger partial charge in [-0.15, -0.1) is 0 Å². The fraction of sp³-hybridized carbons (Fsp3) is 0.200. The van der Waals surface area contributed by atoms with E-state index in [1.165, 1.54) is 24.3 Å². The Bertz CT molecular complexity index is 992. The summed E-state index contributed by atoms with van der Waals surface area (Å²) >= 11 is 0. The van der Waals surface area contributed by atoms with Crippen molar-refractivity contribution in [1.29, 1.82) is 0 Å². The van der Waals surface area contributed by atoms with Gasteiger partial charge >= 0.3 is 0 Å². The number of pyridine rings is 1. The molecule has 0 aliphatic carbocycles. The Hall–Kier alpha value is -2.95. The smallest absolute Gasteiger partial charge is 0.261 e. The fourth-order valence-electron chi connectivity index (χ4n) is 2.79. The van der Waals surface area contributed by atoms with Gasteiger partial charge in [-0.1, -0.05) is 26.0 Å². The van der Waals surface area contributed by atoms with Crippen molar-refractivity contribution in [3.63, 3.8) is 0 Å². The second-order valence-corrected chi connectivity index (χ2v) is 6.50. The molecule has 4 nitrogen and oxygen atoms in total. The molecule has 0 aliphatic heterocycles. The minimum Gasteiger partial charge on any atom is -0.322 e. The van der Waals surface area contributed by atoms with Crippen LogP contribution in [0, 0.1) is 11.7 Å². The summed E-state index contributed by atoms with van der Waals surface area (Å²) in [6.07, 6.45) is 0.909. The Balaban J connectivity index is 1.88. The molecule has 0 aliphatic rings. The minimum absolute atomic E-state index is 0.00614. The van der Waals surface area contributed by atoms with Crippen LogP contribution in [-0.4, -0.2) is 10.9 Å². The van der Waals surface area contributed by atoms with Gasteiger partial charge in [0.25, 0.3) is 11.5 Å². The summed E-state index contributed by atoms with van der Waals surface area (Å²) in [5, 5.41) is 3.35. The van der Waals surface area contributed by atoms with Crippen molar-refractivity contribution in [2.24, 2.45) is 5.92 Å². The van der Waals surface area contributed by atoms with Crippen LogP contribution in [-0.2, 0) is 6.42 Å². The van der Waals surface area contributed by atoms with Gasteiger partial charge in [0.1, 0.15) is 11.4 Å². The number of halogens is 1. The van der Waals surface area contributed by atoms with Crippen LogP contribution in [0.1, 0.15) is 29.8 Å². The summed E-state index contributed by atoms with van der Waals surface area (Å²) in [5.41, 5.74) is 1.57. The first-order valence-electron chi connectivity index (χ1n) is 8.15. The van der Waals surface area contributed by atoms with Crippen molar-refractivity contribution in [2.45, 2.75) is 20.3 Å². The molecule has 2 aromatic carbocycles. The van der Waals surface area contributed by atoms with Crippen LogP contribution in [0.3, 0.4) is 0 Å². The van der Waals surface area contributed by atoms with Crippen LogP contribution in [0.15, 0.2) is 53.3 Å². The first-order chi connectivity index (χ1) is 11.9. The second-order valence-electron chi connectivity index (χ2n) is 6.50. The van der Waals surface area contributed by atoms with Crippen LogP contribution in [0.4, 0.5) is 10.1 Å². The second kappa shape index (κ2) is 6.89. The Morgan fingerprint density at radius 1 is 1.16 bits per heavy atom. The van der Waals surface area contributed by atoms with Gasteiger partial charge in [-0.3, -0.25) is 9.59 Å². The summed E-state index contributed by atoms with van der Waals surface area (Å²) in [7, 11) is 0. The van der Waals surface area contributed by atoms with Crippen molar-refractivity contribution >= 4 is 22.5 Å². The number of rotatable bonds is 4. The Morgan fingerprint density at radius 3 is 2.72 bits per heavy atom. The summed E-state index contributed by atoms with van der Waals surface area (Å²) in [6, 6.07) is 13.1. The average molecular weight is 338 g/mol. The molecule has 2 N–H and O–H groups in total. The zero-order valence-electron chi connectivity index (χ0n) is 14.1. The maximum absolute atomic E-state index is 13.2. The average Bonchev–Trinajstić information content (AvgIpc) is 2.53. The standard InChI is InChI=1S/C20H19FN2O2/c1-12(2)8-13-4-3-5-16(9-13)22-19(24)17-10-14-6-7-15(21)11-18(14)23-20(17)25/h3-7,9-12H,8H2,1-2H3,(H,22,24)(H,23,25). The lowest BCUT2D eigenvalue weighted by atomic mass is 10.0. The number of carbonyl (C=O) groups excluding carboxylic acids is 1. The quantitative estimate of drug-likeness (QED) is 0.752. The summed E-state index contributed by atoms with van der Waals surface area (Å²) in [6.45, 7) is 4.26. The van der Waals surface area contributed by atoms with Gasteiger partial charge in [-0.05, 0) is 59.7 Å². The van der Waals surface area contributed by atoms with E-state index in [9.17, 15) is 14.0 Å². The highest BCUT2D eigenvalue weighted by Gasteiger charge is 2.13. The van der Waals surface area contributed by atoms with Gasteiger partial charge in [0.15, 0.2) is 0 Å². The largest absolute Gasteiger partial charge is 0.322 e. The molecule has 25 heavy (non-hydrogen) atoms. The zero-order chi connectivity index (χ0) is 18.0. The molecule has 0 unspecified atom stereocenters. The van der Waals surface area contributed by atoms with Crippen molar-refractivity contribution in [3.05, 3.63) is 75.8 Å². The molecule has 0 bridgehead atoms. The topological polar surface area (TPSA) is 62.0 Å². The number of benzene rings is 2. The van der Waals surface area contributed by atoms with E-state index in [2.05, 4.69) is 24.1 Å². The minimum atomic E-state index is -0.547. The molecule has 1 amide bonds. The molecule has 128 valence electrons. The van der Waals surface area contributed by atoms with Gasteiger partial charge in [0, 0.05) is 5.69 Å². The third-order valence-electron chi connectivity index (χ3n) is 3.88. The zero-order valence-corrected chi connectivity index (χ0v) is 14.1. The van der Waals surface area contributed by atoms with E-state index in [4.69, 9.17) is 0 Å². The third-order valence-corrected chi connectivity index (χ3v) is 3.88. The number of fused-ring (bicyclic) bond motifs is 1. The van der Waals surface area contributed by atoms with Gasteiger partial charge in [-0.25, -0.2) is 4.39 Å². The summed E-state index contributed by atoms with van der Waals surface area (Å²) in [4.78, 5) is 27.2. The highest BCUT2D eigenvalue weighted by Crippen LogP contribution is 2.16. The third kappa shape index (κ3) is 3.94. The molecular weight excluding hydrogens is 319 g/mol. The molecule has 0 fully saturated rings. The van der Waals surface area contributed by atoms with Gasteiger partial charge in [0.05, 0.1) is 5.52 Å². The SMILES string of the molecule is CC(C)Cc1cccc(NC(=O)c2cc3ccc(F)cc3[nH]c2=O)c1. The molecule has 3 rings (SSSR count). The van der Waals surface area contributed by atoms with Gasteiger partial charge in [0.2, 0.25) is 0 Å². The molecule has 0 saturated carbocycles. The number of hydrogen-bond acceptors (Lipinski definition) is 2. The van der Waals surface area contributed by atoms with Crippen molar-refractivity contribution < 1.29 is 9.18 Å². The maximum atomic E-state index is 13.2. The maximum Gasteiger partial charge on any atom is 0.261 e. The fourth-order valence-corrected chi connectivity index (χ4v) is 2.79. The number of H-pyrrole nitrogens is 1. The Morgan fingerprint density at radius 2 is 1.96 bits per heavy atom. The molecule has 5 heteroatoms. The number of carbonyl (C=O) groups is 1. The molecule has 1 heterocycles. The van der Waals surface area contributed by atoms with Crippen molar-refractivity contribution in [1.82, 2.24) is 4.98 Å². The molecule has 1 aromatic heterocycles. The highest BCUT2D eigenvalue weighted by atomic mass is 19.1. The van der Waals surface area contributed by atoms with E-state index >= 15 is 0 Å². The van der Waals surface area contributed by atoms with Crippen LogP contribution in [0.25, 0.3) is 10.9 Å². The number of amides is 1. The lowest BCUT2D eigenvalue weighted by molar-refractivity contribution is 0.102. The van der Waals surface area contributed by atoms with Gasteiger partial charge < -0.3 is 10.3 Å². The molecule has 3 aromatic rings. The van der Waals surface area contributed by atoms with E-state index in [0.717, 1.165) is 12.0 Å². The van der Waals surface area contributed by atoms with E-state index in [1.54, 1.807) is 6.07 Å². The Labute approximate surface area is 144 Å². The van der Waals surface area contributed by atoms with Crippen LogP contribution in [0.5, 0.6) is 0 Å². The van der Waals surface area contributed by atoms with Crippen LogP contribution < -0.4 is 10.9 Å². The van der Waals surface area contributed by atoms with Crippen LogP contribution in [0.2, 0.25) is 0 Å². The predicted octanol–water partition coefficient (Wildman–Crippen LogP) is 4.12. The molecular formula is C20H19FN2O2. The summed E-state index contributed by atoms with van der Waals surface area (Å²) in [5.74, 6) is -0.425. The first-order valence-corrected chi connectivity index (χ1v) is 8.15. The van der Waals surface area contributed by atoms with E-state index in [-0.39, 0.29) is 5.56 Å². The Kier molecular flexibility index (Phi) is 4.65. The predicted molar refractivity (Wildman–Crippen MR) is 97.5 cm³/mol. The molecule has 0 radical (unpaired) electrons. The monoisotopic (exact) mass is 338 g/mol. The molecule has 0 atom stereocenters. The normalized spacial score (nSPS) is 11.0. The van der Waals surface area contributed by atoms with Crippen molar-refractivity contribution in [3.8, 4) is 0 Å². The number of nitrogens with one attached hydrogen (secondary N) is 2. The van der Waals surface area contributed by atoms with E-state index in [0.29, 0.717) is 22.5 Å². The van der Waals surface area contributed by atoms with E-state index in [1.807, 2.05) is 18.2 Å². The van der Waals surface area contributed by atoms with Gasteiger partial charge in [-0.2, -0.15) is 0 Å². The lowest BCUT2D eigenvalue weighted by Crippen LogP contribution is -2.23. The number of aromatic nitrogens is 1. The highest BCUT2D eigenvalue weighted by molar-refractivity contribution is 6.05. The van der Waals surface area contributed by atoms with Crippen LogP contribution >= 0.6 is 0 Å².